The van der Waals surface area contributed by atoms with Crippen LogP contribution in [0.25, 0.3) is 10.8 Å². The molecule has 132 valence electrons. The van der Waals surface area contributed by atoms with Crippen molar-refractivity contribution >= 4 is 22.4 Å². The Bertz CT molecular complexity index is 998. The highest BCUT2D eigenvalue weighted by atomic mass is 16.5. The number of hydrogen-bond acceptors (Lipinski definition) is 3. The van der Waals surface area contributed by atoms with Gasteiger partial charge in [-0.2, -0.15) is 0 Å². The van der Waals surface area contributed by atoms with Gasteiger partial charge in [0.15, 0.2) is 5.60 Å². The van der Waals surface area contributed by atoms with Crippen molar-refractivity contribution in [3.05, 3.63) is 71.8 Å². The van der Waals surface area contributed by atoms with Gasteiger partial charge >= 0.3 is 0 Å². The first-order valence-electron chi connectivity index (χ1n) is 8.91. The van der Waals surface area contributed by atoms with Gasteiger partial charge in [0.2, 0.25) is 0 Å². The van der Waals surface area contributed by atoms with Gasteiger partial charge in [0.1, 0.15) is 5.75 Å². The predicted octanol–water partition coefficient (Wildman–Crippen LogP) is 3.84. The topological polar surface area (TPSA) is 49.8 Å². The minimum absolute atomic E-state index is 0.336. The molecule has 1 heterocycles. The summed E-state index contributed by atoms with van der Waals surface area (Å²) in [5, 5.41) is 13.6. The summed E-state index contributed by atoms with van der Waals surface area (Å²) in [6.45, 7) is 4.75. The Morgan fingerprint density at radius 2 is 1.69 bits per heavy atom. The highest BCUT2D eigenvalue weighted by Crippen LogP contribution is 2.48. The maximum Gasteiger partial charge on any atom is 0.268 e. The van der Waals surface area contributed by atoms with E-state index in [2.05, 4.69) is 0 Å². The van der Waals surface area contributed by atoms with Crippen molar-refractivity contribution in [2.45, 2.75) is 19.4 Å². The lowest BCUT2D eigenvalue weighted by Gasteiger charge is -2.26. The number of hydrogen-bond donors (Lipinski definition) is 1. The summed E-state index contributed by atoms with van der Waals surface area (Å²) >= 11 is 0. The van der Waals surface area contributed by atoms with E-state index in [1.165, 1.54) is 0 Å². The average molecular weight is 347 g/mol. The zero-order chi connectivity index (χ0) is 18.3. The van der Waals surface area contributed by atoms with Crippen molar-refractivity contribution in [2.24, 2.45) is 0 Å². The molecule has 3 aromatic rings. The number of carbonyl (C=O) groups excluding carboxylic acids is 1. The molecule has 0 bridgehead atoms. The van der Waals surface area contributed by atoms with E-state index in [1.54, 1.807) is 11.0 Å². The molecule has 26 heavy (non-hydrogen) atoms. The summed E-state index contributed by atoms with van der Waals surface area (Å²) in [6, 6.07) is 19.0. The Balaban J connectivity index is 2.03. The molecule has 1 N–H and O–H groups in total. The standard InChI is InChI=1S/C22H21NO3/c1-3-23-19-12-8-7-11-17(19)22(25,21(23)24)18-14-13-15-9-5-6-10-16(15)20(18)26-4-2/h5-14,25H,3-4H2,1-2H3/t22-/m1/s1. The van der Waals surface area contributed by atoms with Gasteiger partial charge in [0, 0.05) is 23.1 Å². The van der Waals surface area contributed by atoms with E-state index >= 15 is 0 Å². The second-order valence-electron chi connectivity index (χ2n) is 6.37. The van der Waals surface area contributed by atoms with Crippen LogP contribution < -0.4 is 9.64 Å². The van der Waals surface area contributed by atoms with Crippen LogP contribution >= 0.6 is 0 Å². The molecule has 1 atom stereocenters. The number of para-hydroxylation sites is 1. The Morgan fingerprint density at radius 1 is 0.962 bits per heavy atom. The molecule has 1 aliphatic heterocycles. The predicted molar refractivity (Wildman–Crippen MR) is 103 cm³/mol. The molecular weight excluding hydrogens is 326 g/mol. The second-order valence-corrected chi connectivity index (χ2v) is 6.37. The first-order valence-corrected chi connectivity index (χ1v) is 8.91. The van der Waals surface area contributed by atoms with Crippen molar-refractivity contribution in [2.75, 3.05) is 18.1 Å². The van der Waals surface area contributed by atoms with Gasteiger partial charge in [-0.3, -0.25) is 4.79 Å². The van der Waals surface area contributed by atoms with E-state index in [9.17, 15) is 9.90 Å². The SMILES string of the molecule is CCOc1c([C@@]2(O)C(=O)N(CC)c3ccccc32)ccc2ccccc12. The normalized spacial score (nSPS) is 19.0. The highest BCUT2D eigenvalue weighted by molar-refractivity contribution is 6.10. The first kappa shape index (κ1) is 16.6. The van der Waals surface area contributed by atoms with Crippen molar-refractivity contribution in [3.8, 4) is 5.75 Å². The second kappa shape index (κ2) is 6.15. The molecule has 0 aliphatic carbocycles. The molecule has 4 nitrogen and oxygen atoms in total. The van der Waals surface area contributed by atoms with Gasteiger partial charge in [-0.15, -0.1) is 0 Å². The third-order valence-corrected chi connectivity index (χ3v) is 5.01. The maximum absolute atomic E-state index is 13.2. The Morgan fingerprint density at radius 3 is 2.46 bits per heavy atom. The zero-order valence-electron chi connectivity index (χ0n) is 14.9. The monoisotopic (exact) mass is 347 g/mol. The van der Waals surface area contributed by atoms with Crippen LogP contribution in [0.2, 0.25) is 0 Å². The van der Waals surface area contributed by atoms with E-state index in [1.807, 2.05) is 68.4 Å². The van der Waals surface area contributed by atoms with Crippen LogP contribution in [0, 0.1) is 0 Å². The lowest BCUT2D eigenvalue weighted by molar-refractivity contribution is -0.132. The van der Waals surface area contributed by atoms with Crippen molar-refractivity contribution in [3.63, 3.8) is 0 Å². The number of ether oxygens (including phenoxy) is 1. The molecule has 3 aromatic carbocycles. The minimum atomic E-state index is -1.75. The van der Waals surface area contributed by atoms with Crippen molar-refractivity contribution < 1.29 is 14.6 Å². The van der Waals surface area contributed by atoms with Gasteiger partial charge in [-0.25, -0.2) is 0 Å². The highest BCUT2D eigenvalue weighted by Gasteiger charge is 2.52. The third kappa shape index (κ3) is 2.15. The summed E-state index contributed by atoms with van der Waals surface area (Å²) in [5.41, 5.74) is 0.0915. The number of benzene rings is 3. The molecule has 0 unspecified atom stereocenters. The first-order chi connectivity index (χ1) is 12.6. The van der Waals surface area contributed by atoms with Gasteiger partial charge < -0.3 is 14.7 Å². The van der Waals surface area contributed by atoms with Gasteiger partial charge in [0.05, 0.1) is 12.3 Å². The lowest BCUT2D eigenvalue weighted by atomic mass is 9.85. The average Bonchev–Trinajstić information content (AvgIpc) is 2.90. The lowest BCUT2D eigenvalue weighted by Crippen LogP contribution is -2.41. The minimum Gasteiger partial charge on any atom is -0.493 e. The number of fused-ring (bicyclic) bond motifs is 2. The summed E-state index contributed by atoms with van der Waals surface area (Å²) in [7, 11) is 0. The third-order valence-electron chi connectivity index (χ3n) is 5.01. The Labute approximate surface area is 152 Å². The Hall–Kier alpha value is -2.85. The van der Waals surface area contributed by atoms with Crippen molar-refractivity contribution in [1.29, 1.82) is 0 Å². The summed E-state index contributed by atoms with van der Waals surface area (Å²) < 4.78 is 5.93. The molecule has 0 saturated heterocycles. The van der Waals surface area contributed by atoms with E-state index in [0.717, 1.165) is 16.5 Å². The van der Waals surface area contributed by atoms with Crippen LogP contribution in [0.3, 0.4) is 0 Å². The fourth-order valence-corrected chi connectivity index (χ4v) is 3.84. The largest absolute Gasteiger partial charge is 0.493 e. The maximum atomic E-state index is 13.2. The van der Waals surface area contributed by atoms with Gasteiger partial charge in [-0.1, -0.05) is 54.6 Å². The van der Waals surface area contributed by atoms with E-state index in [4.69, 9.17) is 4.74 Å². The number of likely N-dealkylation sites (N-methyl/N-ethyl adjacent to an activating group) is 1. The molecule has 0 saturated carbocycles. The van der Waals surface area contributed by atoms with E-state index < -0.39 is 5.60 Å². The summed E-state index contributed by atoms with van der Waals surface area (Å²) in [4.78, 5) is 14.9. The van der Waals surface area contributed by atoms with E-state index in [-0.39, 0.29) is 5.91 Å². The molecule has 1 amide bonds. The molecule has 0 aromatic heterocycles. The zero-order valence-corrected chi connectivity index (χ0v) is 14.9. The molecule has 0 fully saturated rings. The van der Waals surface area contributed by atoms with Gasteiger partial charge in [-0.05, 0) is 25.3 Å². The molecular formula is C22H21NO3. The number of carbonyl (C=O) groups is 1. The summed E-state index contributed by atoms with van der Waals surface area (Å²) in [5.74, 6) is 0.228. The molecule has 4 rings (SSSR count). The van der Waals surface area contributed by atoms with Crippen LogP contribution in [0.15, 0.2) is 60.7 Å². The van der Waals surface area contributed by atoms with Crippen LogP contribution in [0.1, 0.15) is 25.0 Å². The number of amides is 1. The van der Waals surface area contributed by atoms with Gasteiger partial charge in [0.25, 0.3) is 5.91 Å². The quantitative estimate of drug-likeness (QED) is 0.780. The smallest absolute Gasteiger partial charge is 0.268 e. The summed E-state index contributed by atoms with van der Waals surface area (Å²) in [6.07, 6.45) is 0. The number of nitrogens with zero attached hydrogens (tertiary/aromatic N) is 1. The van der Waals surface area contributed by atoms with E-state index in [0.29, 0.717) is 30.0 Å². The number of anilines is 1. The molecule has 0 spiro atoms. The molecule has 4 heteroatoms. The number of aliphatic hydroxyl groups is 1. The Kier molecular flexibility index (Phi) is 3.93. The molecule has 0 radical (unpaired) electrons. The fraction of sp³-hybridized carbons (Fsp3) is 0.227. The van der Waals surface area contributed by atoms with Crippen LogP contribution in [0.4, 0.5) is 5.69 Å². The van der Waals surface area contributed by atoms with Crippen molar-refractivity contribution in [1.82, 2.24) is 0 Å². The fourth-order valence-electron chi connectivity index (χ4n) is 3.84. The number of rotatable bonds is 4. The molecule has 1 aliphatic rings. The van der Waals surface area contributed by atoms with Crippen LogP contribution in [-0.4, -0.2) is 24.2 Å². The van der Waals surface area contributed by atoms with Crippen LogP contribution in [-0.2, 0) is 10.4 Å². The van der Waals surface area contributed by atoms with Crippen LogP contribution in [0.5, 0.6) is 5.75 Å².